The molecule has 0 aliphatic carbocycles. The Bertz CT molecular complexity index is 446. The number of esters is 3. The van der Waals surface area contributed by atoms with E-state index in [9.17, 15) is 14.4 Å². The van der Waals surface area contributed by atoms with Gasteiger partial charge in [0.25, 0.3) is 0 Å². The molecular formula is C16H26O7. The highest BCUT2D eigenvalue weighted by Gasteiger charge is 2.48. The zero-order valence-corrected chi connectivity index (χ0v) is 14.5. The third kappa shape index (κ3) is 5.49. The van der Waals surface area contributed by atoms with Crippen molar-refractivity contribution in [1.82, 2.24) is 0 Å². The first-order chi connectivity index (χ1) is 10.6. The van der Waals surface area contributed by atoms with Gasteiger partial charge in [-0.2, -0.15) is 0 Å². The topological polar surface area (TPSA) is 88.1 Å². The van der Waals surface area contributed by atoms with E-state index in [1.165, 1.54) is 20.8 Å². The summed E-state index contributed by atoms with van der Waals surface area (Å²) in [4.78, 5) is 33.9. The third-order valence-corrected chi connectivity index (χ3v) is 3.80. The van der Waals surface area contributed by atoms with Gasteiger partial charge in [0.1, 0.15) is 18.8 Å². The number of carbonyl (C=O) groups is 3. The molecule has 132 valence electrons. The minimum Gasteiger partial charge on any atom is -0.463 e. The summed E-state index contributed by atoms with van der Waals surface area (Å²) in [5.41, 5.74) is 0. The quantitative estimate of drug-likeness (QED) is 0.557. The first-order valence-corrected chi connectivity index (χ1v) is 7.76. The highest BCUT2D eigenvalue weighted by Crippen LogP contribution is 2.33. The number of carbonyl (C=O) groups excluding carboxylic acids is 3. The Morgan fingerprint density at radius 2 is 1.48 bits per heavy atom. The molecule has 1 heterocycles. The van der Waals surface area contributed by atoms with Crippen molar-refractivity contribution in [1.29, 1.82) is 0 Å². The molecule has 0 N–H and O–H groups in total. The van der Waals surface area contributed by atoms with Gasteiger partial charge in [0.05, 0.1) is 6.10 Å². The normalized spacial score (nSPS) is 30.7. The van der Waals surface area contributed by atoms with Crippen LogP contribution >= 0.6 is 0 Å². The van der Waals surface area contributed by atoms with Crippen molar-refractivity contribution in [3.63, 3.8) is 0 Å². The van der Waals surface area contributed by atoms with Gasteiger partial charge in [0.2, 0.25) is 0 Å². The molecule has 23 heavy (non-hydrogen) atoms. The van der Waals surface area contributed by atoms with Crippen molar-refractivity contribution in [2.24, 2.45) is 11.8 Å². The van der Waals surface area contributed by atoms with Gasteiger partial charge in [-0.25, -0.2) is 0 Å². The molecule has 1 fully saturated rings. The average Bonchev–Trinajstić information content (AvgIpc) is 2.40. The summed E-state index contributed by atoms with van der Waals surface area (Å²) in [5.74, 6) is -1.61. The molecule has 0 amide bonds. The maximum Gasteiger partial charge on any atom is 0.303 e. The number of hydrogen-bond donors (Lipinski definition) is 0. The van der Waals surface area contributed by atoms with Crippen LogP contribution in [-0.2, 0) is 33.3 Å². The highest BCUT2D eigenvalue weighted by molar-refractivity contribution is 5.67. The van der Waals surface area contributed by atoms with Crippen molar-refractivity contribution in [2.75, 3.05) is 6.61 Å². The minimum atomic E-state index is -0.694. The number of ether oxygens (including phenoxy) is 4. The van der Waals surface area contributed by atoms with Crippen LogP contribution in [0.4, 0.5) is 0 Å². The van der Waals surface area contributed by atoms with Gasteiger partial charge in [-0.3, -0.25) is 14.4 Å². The van der Waals surface area contributed by atoms with Crippen LogP contribution in [0.25, 0.3) is 0 Å². The van der Waals surface area contributed by atoms with Gasteiger partial charge in [-0.1, -0.05) is 20.8 Å². The zero-order valence-electron chi connectivity index (χ0n) is 14.5. The van der Waals surface area contributed by atoms with Crippen LogP contribution in [0.15, 0.2) is 0 Å². The molecule has 0 saturated carbocycles. The van der Waals surface area contributed by atoms with E-state index in [1.54, 1.807) is 0 Å². The Morgan fingerprint density at radius 3 is 1.91 bits per heavy atom. The second-order valence-corrected chi connectivity index (χ2v) is 6.19. The highest BCUT2D eigenvalue weighted by atomic mass is 16.6. The molecule has 0 spiro atoms. The van der Waals surface area contributed by atoms with E-state index in [2.05, 4.69) is 0 Å². The van der Waals surface area contributed by atoms with Crippen molar-refractivity contribution in [2.45, 2.75) is 66.0 Å². The standard InChI is InChI=1S/C16H26O7/c1-8(2)14-16(22-12(6)19)15(21-11(5)18)9(3)13(23-14)7-20-10(4)17/h8-9,13-16H,7H2,1-6H3/t9-,13+,14?,15-,16-/m1/s1. The van der Waals surface area contributed by atoms with Crippen LogP contribution < -0.4 is 0 Å². The smallest absolute Gasteiger partial charge is 0.303 e. The van der Waals surface area contributed by atoms with Gasteiger partial charge >= 0.3 is 17.9 Å². The first-order valence-electron chi connectivity index (χ1n) is 7.76. The fourth-order valence-electron chi connectivity index (χ4n) is 2.72. The Kier molecular flexibility index (Phi) is 7.00. The van der Waals surface area contributed by atoms with E-state index < -0.39 is 42.3 Å². The van der Waals surface area contributed by atoms with E-state index in [0.717, 1.165) is 0 Å². The predicted molar refractivity (Wildman–Crippen MR) is 80.4 cm³/mol. The molecule has 0 aromatic carbocycles. The zero-order chi connectivity index (χ0) is 17.7. The van der Waals surface area contributed by atoms with Crippen LogP contribution in [0.1, 0.15) is 41.5 Å². The van der Waals surface area contributed by atoms with Crippen LogP contribution in [0.3, 0.4) is 0 Å². The van der Waals surface area contributed by atoms with Crippen LogP contribution in [-0.4, -0.2) is 48.9 Å². The Labute approximate surface area is 136 Å². The Hall–Kier alpha value is -1.63. The molecule has 7 heteroatoms. The SMILES string of the molecule is CC(=O)OC[C@@H]1OC(C(C)C)[C@@H](OC(C)=O)[C@H](OC(C)=O)[C@@H]1C. The van der Waals surface area contributed by atoms with Gasteiger partial charge < -0.3 is 18.9 Å². The summed E-state index contributed by atoms with van der Waals surface area (Å²) < 4.78 is 21.8. The van der Waals surface area contributed by atoms with E-state index >= 15 is 0 Å². The fraction of sp³-hybridized carbons (Fsp3) is 0.812. The first kappa shape index (κ1) is 19.4. The molecule has 0 aromatic rings. The predicted octanol–water partition coefficient (Wildman–Crippen LogP) is 1.47. The van der Waals surface area contributed by atoms with Gasteiger partial charge in [0, 0.05) is 26.7 Å². The molecule has 0 radical (unpaired) electrons. The second kappa shape index (κ2) is 8.29. The maximum atomic E-state index is 11.4. The Morgan fingerprint density at radius 1 is 0.957 bits per heavy atom. The van der Waals surface area contributed by atoms with E-state index in [1.807, 2.05) is 20.8 Å². The maximum absolute atomic E-state index is 11.4. The lowest BCUT2D eigenvalue weighted by atomic mass is 9.84. The van der Waals surface area contributed by atoms with E-state index in [0.29, 0.717) is 0 Å². The minimum absolute atomic E-state index is 0.0183. The summed E-state index contributed by atoms with van der Waals surface area (Å²) in [5, 5.41) is 0. The summed E-state index contributed by atoms with van der Waals surface area (Å²) in [7, 11) is 0. The monoisotopic (exact) mass is 330 g/mol. The van der Waals surface area contributed by atoms with Gasteiger partial charge in [-0.15, -0.1) is 0 Å². The van der Waals surface area contributed by atoms with Gasteiger partial charge in [0.15, 0.2) is 6.10 Å². The Balaban J connectivity index is 3.04. The molecule has 1 aliphatic heterocycles. The van der Waals surface area contributed by atoms with Crippen molar-refractivity contribution in [3.8, 4) is 0 Å². The summed E-state index contributed by atoms with van der Waals surface area (Å²) in [6, 6.07) is 0. The largest absolute Gasteiger partial charge is 0.463 e. The van der Waals surface area contributed by atoms with Crippen molar-refractivity contribution >= 4 is 17.9 Å². The lowest BCUT2D eigenvalue weighted by Crippen LogP contribution is -2.59. The van der Waals surface area contributed by atoms with Crippen molar-refractivity contribution < 1.29 is 33.3 Å². The van der Waals surface area contributed by atoms with Crippen LogP contribution in [0, 0.1) is 11.8 Å². The fourth-order valence-corrected chi connectivity index (χ4v) is 2.72. The molecule has 0 bridgehead atoms. The molecule has 1 rings (SSSR count). The second-order valence-electron chi connectivity index (χ2n) is 6.19. The molecule has 1 aliphatic rings. The lowest BCUT2D eigenvalue weighted by Gasteiger charge is -2.45. The van der Waals surface area contributed by atoms with Crippen molar-refractivity contribution in [3.05, 3.63) is 0 Å². The third-order valence-electron chi connectivity index (χ3n) is 3.80. The van der Waals surface area contributed by atoms with Crippen LogP contribution in [0.5, 0.6) is 0 Å². The molecule has 0 aromatic heterocycles. The van der Waals surface area contributed by atoms with Crippen LogP contribution in [0.2, 0.25) is 0 Å². The summed E-state index contributed by atoms with van der Waals surface area (Å²) in [6.45, 7) is 9.64. The molecule has 1 unspecified atom stereocenters. The van der Waals surface area contributed by atoms with E-state index in [-0.39, 0.29) is 18.4 Å². The average molecular weight is 330 g/mol. The lowest BCUT2D eigenvalue weighted by molar-refractivity contribution is -0.237. The number of rotatable bonds is 5. The van der Waals surface area contributed by atoms with E-state index in [4.69, 9.17) is 18.9 Å². The van der Waals surface area contributed by atoms with Gasteiger partial charge in [-0.05, 0) is 5.92 Å². The summed E-state index contributed by atoms with van der Waals surface area (Å²) >= 11 is 0. The molecule has 7 nitrogen and oxygen atoms in total. The summed E-state index contributed by atoms with van der Waals surface area (Å²) in [6.07, 6.45) is -2.25. The molecular weight excluding hydrogens is 304 g/mol. The molecule has 5 atom stereocenters. The molecule has 1 saturated heterocycles. The number of hydrogen-bond acceptors (Lipinski definition) is 7.